The van der Waals surface area contributed by atoms with Gasteiger partial charge in [-0.15, -0.1) is 0 Å². The van der Waals surface area contributed by atoms with Crippen molar-refractivity contribution >= 4 is 11.4 Å². The maximum absolute atomic E-state index is 12.9. The molecular weight excluding hydrogens is 287 g/mol. The number of rotatable bonds is 7. The first kappa shape index (κ1) is 17.2. The number of nitro groups is 1. The smallest absolute Gasteiger partial charge is 0.382 e. The number of alkyl halides is 3. The van der Waals surface area contributed by atoms with Crippen molar-refractivity contribution in [1.29, 1.82) is 0 Å². The van der Waals surface area contributed by atoms with Crippen LogP contribution in [0.25, 0.3) is 0 Å². The summed E-state index contributed by atoms with van der Waals surface area (Å²) in [5.74, 6) is 0. The molecule has 21 heavy (non-hydrogen) atoms. The third-order valence-electron chi connectivity index (χ3n) is 3.02. The first-order valence-corrected chi connectivity index (χ1v) is 6.61. The highest BCUT2D eigenvalue weighted by atomic mass is 19.4. The van der Waals surface area contributed by atoms with Gasteiger partial charge in [-0.3, -0.25) is 10.1 Å². The maximum atomic E-state index is 12.9. The zero-order valence-electron chi connectivity index (χ0n) is 11.6. The van der Waals surface area contributed by atoms with E-state index < -0.39 is 22.4 Å². The van der Waals surface area contributed by atoms with Gasteiger partial charge in [0.1, 0.15) is 5.56 Å². The minimum atomic E-state index is -4.77. The van der Waals surface area contributed by atoms with Crippen molar-refractivity contribution in [3.63, 3.8) is 0 Å². The number of hydrogen-bond acceptors (Lipinski definition) is 4. The number of halogens is 3. The Morgan fingerprint density at radius 1 is 1.38 bits per heavy atom. The summed E-state index contributed by atoms with van der Waals surface area (Å²) < 4.78 is 38.6. The molecule has 1 rings (SSSR count). The molecule has 0 aliphatic rings. The van der Waals surface area contributed by atoms with E-state index >= 15 is 0 Å². The fourth-order valence-corrected chi connectivity index (χ4v) is 2.09. The molecule has 1 aromatic carbocycles. The molecule has 3 N–H and O–H groups in total. The predicted molar refractivity (Wildman–Crippen MR) is 74.1 cm³/mol. The van der Waals surface area contributed by atoms with Gasteiger partial charge in [-0.1, -0.05) is 13.3 Å². The molecule has 0 fully saturated rings. The number of nitro benzene ring substituents is 1. The van der Waals surface area contributed by atoms with Crippen LogP contribution in [-0.2, 0) is 6.18 Å². The van der Waals surface area contributed by atoms with Crippen LogP contribution in [0.15, 0.2) is 18.2 Å². The Hall–Kier alpha value is -1.83. The largest absolute Gasteiger partial charge is 0.423 e. The van der Waals surface area contributed by atoms with Gasteiger partial charge in [0.15, 0.2) is 0 Å². The van der Waals surface area contributed by atoms with Gasteiger partial charge in [0.05, 0.1) is 4.92 Å². The molecule has 0 aliphatic carbocycles. The highest BCUT2D eigenvalue weighted by Crippen LogP contribution is 2.37. The second-order valence-corrected chi connectivity index (χ2v) is 4.69. The lowest BCUT2D eigenvalue weighted by atomic mass is 10.1. The molecule has 1 unspecified atom stereocenters. The van der Waals surface area contributed by atoms with E-state index in [-0.39, 0.29) is 11.7 Å². The lowest BCUT2D eigenvalue weighted by Gasteiger charge is -2.19. The van der Waals surface area contributed by atoms with Crippen LogP contribution in [0.2, 0.25) is 0 Å². The molecule has 8 heteroatoms. The summed E-state index contributed by atoms with van der Waals surface area (Å²) in [4.78, 5) is 9.64. The molecule has 0 aliphatic heterocycles. The second-order valence-electron chi connectivity index (χ2n) is 4.69. The van der Waals surface area contributed by atoms with Crippen LogP contribution in [0.3, 0.4) is 0 Å². The number of nitrogens with two attached hydrogens (primary N) is 1. The number of benzene rings is 1. The van der Waals surface area contributed by atoms with E-state index in [1.54, 1.807) is 0 Å². The fourth-order valence-electron chi connectivity index (χ4n) is 2.09. The molecule has 0 heterocycles. The van der Waals surface area contributed by atoms with Crippen molar-refractivity contribution in [2.75, 3.05) is 11.9 Å². The van der Waals surface area contributed by atoms with Crippen molar-refractivity contribution in [2.45, 2.75) is 38.4 Å². The number of anilines is 1. The van der Waals surface area contributed by atoms with Crippen molar-refractivity contribution in [1.82, 2.24) is 0 Å². The summed E-state index contributed by atoms with van der Waals surface area (Å²) in [6.07, 6.45) is -2.54. The fraction of sp³-hybridized carbons (Fsp3) is 0.538. The predicted octanol–water partition coefficient (Wildman–Crippen LogP) is 3.54. The van der Waals surface area contributed by atoms with Crippen LogP contribution in [0.4, 0.5) is 24.5 Å². The van der Waals surface area contributed by atoms with Crippen LogP contribution >= 0.6 is 0 Å². The summed E-state index contributed by atoms with van der Waals surface area (Å²) in [5.41, 5.74) is 3.48. The van der Waals surface area contributed by atoms with E-state index in [9.17, 15) is 23.3 Å². The summed E-state index contributed by atoms with van der Waals surface area (Å²) in [6.45, 7) is 2.37. The molecule has 0 amide bonds. The van der Waals surface area contributed by atoms with Crippen molar-refractivity contribution < 1.29 is 18.1 Å². The Morgan fingerprint density at radius 2 is 2.05 bits per heavy atom. The Bertz CT molecular complexity index is 486. The van der Waals surface area contributed by atoms with Gasteiger partial charge in [-0.05, 0) is 31.5 Å². The minimum Gasteiger partial charge on any atom is -0.382 e. The molecule has 118 valence electrons. The number of nitrogens with one attached hydrogen (secondary N) is 1. The zero-order valence-corrected chi connectivity index (χ0v) is 11.6. The van der Waals surface area contributed by atoms with Gasteiger partial charge in [-0.25, -0.2) is 0 Å². The van der Waals surface area contributed by atoms with Gasteiger partial charge < -0.3 is 11.1 Å². The molecule has 0 radical (unpaired) electrons. The third-order valence-corrected chi connectivity index (χ3v) is 3.02. The quantitative estimate of drug-likeness (QED) is 0.596. The number of hydrogen-bond donors (Lipinski definition) is 2. The topological polar surface area (TPSA) is 81.2 Å². The first-order valence-electron chi connectivity index (χ1n) is 6.61. The van der Waals surface area contributed by atoms with E-state index in [4.69, 9.17) is 5.73 Å². The Labute approximate surface area is 120 Å². The monoisotopic (exact) mass is 305 g/mol. The Balaban J connectivity index is 3.07. The zero-order chi connectivity index (χ0) is 16.0. The molecule has 0 saturated heterocycles. The van der Waals surface area contributed by atoms with Crippen LogP contribution in [-0.4, -0.2) is 17.5 Å². The Morgan fingerprint density at radius 3 is 2.52 bits per heavy atom. The molecule has 1 aromatic rings. The highest BCUT2D eigenvalue weighted by molar-refractivity contribution is 5.55. The first-order chi connectivity index (χ1) is 9.79. The van der Waals surface area contributed by atoms with Crippen LogP contribution in [0.5, 0.6) is 0 Å². The van der Waals surface area contributed by atoms with Gasteiger partial charge >= 0.3 is 6.18 Å². The molecule has 1 atom stereocenters. The van der Waals surface area contributed by atoms with E-state index in [0.717, 1.165) is 25.0 Å². The van der Waals surface area contributed by atoms with Crippen LogP contribution in [0.1, 0.15) is 31.7 Å². The number of nitrogens with zero attached hydrogens (tertiary/aromatic N) is 1. The van der Waals surface area contributed by atoms with Crippen molar-refractivity contribution in [2.24, 2.45) is 5.73 Å². The van der Waals surface area contributed by atoms with Crippen molar-refractivity contribution in [3.05, 3.63) is 33.9 Å². The summed E-state index contributed by atoms with van der Waals surface area (Å²) in [5, 5.41) is 13.6. The molecular formula is C13H18F3N3O2. The summed E-state index contributed by atoms with van der Waals surface area (Å²) in [6, 6.07) is 2.88. The Kier molecular flexibility index (Phi) is 5.95. The molecule has 0 saturated carbocycles. The molecule has 5 nitrogen and oxygen atoms in total. The standard InChI is InChI=1S/C13H18F3N3O2/c1-2-3-9(6-7-17)18-10-4-5-12(19(20)21)11(8-10)13(14,15)16/h4-5,8-9,18H,2-3,6-7,17H2,1H3. The van der Waals surface area contributed by atoms with E-state index in [2.05, 4.69) is 5.32 Å². The van der Waals surface area contributed by atoms with Gasteiger partial charge in [-0.2, -0.15) is 13.2 Å². The molecule has 0 bridgehead atoms. The van der Waals surface area contributed by atoms with Crippen molar-refractivity contribution in [3.8, 4) is 0 Å². The maximum Gasteiger partial charge on any atom is 0.423 e. The minimum absolute atomic E-state index is 0.0532. The normalized spacial score (nSPS) is 13.0. The summed E-state index contributed by atoms with van der Waals surface area (Å²) >= 11 is 0. The van der Waals surface area contributed by atoms with E-state index in [1.165, 1.54) is 6.07 Å². The lowest BCUT2D eigenvalue weighted by Crippen LogP contribution is -2.23. The van der Waals surface area contributed by atoms with Gasteiger partial charge in [0.25, 0.3) is 5.69 Å². The van der Waals surface area contributed by atoms with E-state index in [1.807, 2.05) is 6.92 Å². The average Bonchev–Trinajstić information content (AvgIpc) is 2.38. The van der Waals surface area contributed by atoms with Gasteiger partial charge in [0.2, 0.25) is 0 Å². The average molecular weight is 305 g/mol. The third kappa shape index (κ3) is 4.89. The molecule has 0 aromatic heterocycles. The lowest BCUT2D eigenvalue weighted by molar-refractivity contribution is -0.388. The van der Waals surface area contributed by atoms with Crippen LogP contribution in [0, 0.1) is 10.1 Å². The summed E-state index contributed by atoms with van der Waals surface area (Å²) in [7, 11) is 0. The van der Waals surface area contributed by atoms with E-state index in [0.29, 0.717) is 13.0 Å². The highest BCUT2D eigenvalue weighted by Gasteiger charge is 2.38. The second kappa shape index (κ2) is 7.26. The van der Waals surface area contributed by atoms with Crippen LogP contribution < -0.4 is 11.1 Å². The molecule has 0 spiro atoms. The van der Waals surface area contributed by atoms with Gasteiger partial charge in [0, 0.05) is 17.8 Å². The SMILES string of the molecule is CCCC(CCN)Nc1ccc([N+](=O)[O-])c(C(F)(F)F)c1.